The number of nitrogens with zero attached hydrogens (tertiary/aromatic N) is 2. The van der Waals surface area contributed by atoms with Crippen LogP contribution in [-0.2, 0) is 4.74 Å². The molecule has 1 atom stereocenters. The van der Waals surface area contributed by atoms with Crippen molar-refractivity contribution in [1.82, 2.24) is 0 Å². The van der Waals surface area contributed by atoms with Gasteiger partial charge in [-0.25, -0.2) is 4.99 Å². The second-order valence-electron chi connectivity index (χ2n) is 4.29. The summed E-state index contributed by atoms with van der Waals surface area (Å²) in [7, 11) is 0. The molecule has 0 aromatic carbocycles. The van der Waals surface area contributed by atoms with Crippen LogP contribution in [0.2, 0.25) is 0 Å². The van der Waals surface area contributed by atoms with Gasteiger partial charge in [0, 0.05) is 18.4 Å². The Bertz CT molecular complexity index is 391. The van der Waals surface area contributed by atoms with Crippen LogP contribution in [0.25, 0.3) is 0 Å². The first-order valence-corrected chi connectivity index (χ1v) is 6.43. The first-order valence-electron chi connectivity index (χ1n) is 6.43. The van der Waals surface area contributed by atoms with Gasteiger partial charge in [-0.05, 0) is 26.2 Å². The minimum absolute atomic E-state index is 0.0579. The van der Waals surface area contributed by atoms with Crippen LogP contribution in [0.15, 0.2) is 33.3 Å². The summed E-state index contributed by atoms with van der Waals surface area (Å²) in [4.78, 5) is 8.91. The van der Waals surface area contributed by atoms with Crippen molar-refractivity contribution >= 4 is 12.1 Å². The monoisotopic (exact) mass is 232 g/mol. The smallest absolute Gasteiger partial charge is 0.154 e. The minimum atomic E-state index is 0.0579. The molecule has 0 saturated carbocycles. The van der Waals surface area contributed by atoms with Crippen LogP contribution in [0.5, 0.6) is 0 Å². The molecule has 0 aromatic rings. The van der Waals surface area contributed by atoms with E-state index < -0.39 is 0 Å². The Labute approximate surface area is 103 Å². The van der Waals surface area contributed by atoms with E-state index in [0.717, 1.165) is 18.7 Å². The van der Waals surface area contributed by atoms with Crippen molar-refractivity contribution in [2.45, 2.75) is 39.2 Å². The number of allylic oxidation sites excluding steroid dienone is 2. The lowest BCUT2D eigenvalue weighted by atomic mass is 9.97. The zero-order chi connectivity index (χ0) is 12.1. The first-order chi connectivity index (χ1) is 8.33. The second kappa shape index (κ2) is 5.92. The van der Waals surface area contributed by atoms with Crippen molar-refractivity contribution < 1.29 is 4.74 Å². The Kier molecular flexibility index (Phi) is 4.26. The SMILES string of the molecule is CCOC1C=NC(C2=CCCC(CC)=C2)=NC1. The molecule has 3 nitrogen and oxygen atoms in total. The Morgan fingerprint density at radius 1 is 1.41 bits per heavy atom. The van der Waals surface area contributed by atoms with Crippen LogP contribution in [0, 0.1) is 0 Å². The van der Waals surface area contributed by atoms with Crippen molar-refractivity contribution in [3.05, 3.63) is 23.3 Å². The summed E-state index contributed by atoms with van der Waals surface area (Å²) < 4.78 is 5.47. The quantitative estimate of drug-likeness (QED) is 0.733. The van der Waals surface area contributed by atoms with Crippen molar-refractivity contribution in [3.8, 4) is 0 Å². The molecule has 0 spiro atoms. The van der Waals surface area contributed by atoms with E-state index in [-0.39, 0.29) is 6.10 Å². The molecule has 0 N–H and O–H groups in total. The number of rotatable bonds is 4. The number of amidine groups is 1. The van der Waals surface area contributed by atoms with Crippen LogP contribution in [-0.4, -0.2) is 31.3 Å². The molecular formula is C14H20N2O. The minimum Gasteiger partial charge on any atom is -0.371 e. The van der Waals surface area contributed by atoms with Gasteiger partial charge in [0.25, 0.3) is 0 Å². The number of hydrogen-bond acceptors (Lipinski definition) is 3. The normalized spacial score (nSPS) is 24.1. The summed E-state index contributed by atoms with van der Waals surface area (Å²) in [6, 6.07) is 0. The van der Waals surface area contributed by atoms with Gasteiger partial charge in [0.1, 0.15) is 6.10 Å². The maximum Gasteiger partial charge on any atom is 0.154 e. The van der Waals surface area contributed by atoms with E-state index in [0.29, 0.717) is 13.2 Å². The Morgan fingerprint density at radius 3 is 2.94 bits per heavy atom. The van der Waals surface area contributed by atoms with Crippen LogP contribution >= 0.6 is 0 Å². The van der Waals surface area contributed by atoms with Gasteiger partial charge in [-0.3, -0.25) is 4.99 Å². The summed E-state index contributed by atoms with van der Waals surface area (Å²) in [5, 5.41) is 0. The first kappa shape index (κ1) is 12.2. The zero-order valence-electron chi connectivity index (χ0n) is 10.6. The van der Waals surface area contributed by atoms with Gasteiger partial charge >= 0.3 is 0 Å². The molecule has 0 amide bonds. The van der Waals surface area contributed by atoms with Gasteiger partial charge < -0.3 is 4.74 Å². The van der Waals surface area contributed by atoms with E-state index in [9.17, 15) is 0 Å². The zero-order valence-corrected chi connectivity index (χ0v) is 10.6. The fourth-order valence-electron chi connectivity index (χ4n) is 2.09. The van der Waals surface area contributed by atoms with Crippen LogP contribution < -0.4 is 0 Å². The highest BCUT2D eigenvalue weighted by Crippen LogP contribution is 2.21. The Balaban J connectivity index is 2.03. The van der Waals surface area contributed by atoms with E-state index >= 15 is 0 Å². The van der Waals surface area contributed by atoms with Crippen molar-refractivity contribution in [1.29, 1.82) is 0 Å². The molecule has 3 heteroatoms. The van der Waals surface area contributed by atoms with E-state index in [1.165, 1.54) is 17.6 Å². The molecule has 0 bridgehead atoms. The predicted octanol–water partition coefficient (Wildman–Crippen LogP) is 2.93. The molecule has 2 rings (SSSR count). The third-order valence-electron chi connectivity index (χ3n) is 3.07. The van der Waals surface area contributed by atoms with Gasteiger partial charge in [0.2, 0.25) is 0 Å². The third-order valence-corrected chi connectivity index (χ3v) is 3.07. The van der Waals surface area contributed by atoms with Crippen LogP contribution in [0.1, 0.15) is 33.1 Å². The summed E-state index contributed by atoms with van der Waals surface area (Å²) in [5.74, 6) is 0.867. The number of ether oxygens (including phenoxy) is 1. The van der Waals surface area contributed by atoms with Gasteiger partial charge in [-0.1, -0.05) is 24.6 Å². The number of aliphatic imine (C=N–C) groups is 2. The van der Waals surface area contributed by atoms with Gasteiger partial charge in [-0.2, -0.15) is 0 Å². The standard InChI is InChI=1S/C14H20N2O/c1-3-11-6-5-7-12(8-11)14-15-9-13(10-16-14)17-4-2/h7-9,13H,3-6,10H2,1-2H3. The highest BCUT2D eigenvalue weighted by molar-refractivity contribution is 6.06. The topological polar surface area (TPSA) is 34.0 Å². The molecule has 1 unspecified atom stereocenters. The van der Waals surface area contributed by atoms with Crippen molar-refractivity contribution in [2.75, 3.05) is 13.2 Å². The third kappa shape index (κ3) is 3.13. The molecule has 1 heterocycles. The highest BCUT2D eigenvalue weighted by Gasteiger charge is 2.14. The van der Waals surface area contributed by atoms with Crippen LogP contribution in [0.3, 0.4) is 0 Å². The number of hydrogen-bond donors (Lipinski definition) is 0. The Hall–Kier alpha value is -1.22. The van der Waals surface area contributed by atoms with Crippen molar-refractivity contribution in [3.63, 3.8) is 0 Å². The summed E-state index contributed by atoms with van der Waals surface area (Å²) in [6.45, 7) is 5.60. The van der Waals surface area contributed by atoms with Gasteiger partial charge in [0.15, 0.2) is 5.84 Å². The lowest BCUT2D eigenvalue weighted by molar-refractivity contribution is 0.118. The molecule has 0 aromatic heterocycles. The molecule has 0 radical (unpaired) electrons. The van der Waals surface area contributed by atoms with Crippen molar-refractivity contribution in [2.24, 2.45) is 9.98 Å². The molecule has 2 aliphatic rings. The molecule has 0 saturated heterocycles. The summed E-state index contributed by atoms with van der Waals surface area (Å²) in [5.41, 5.74) is 2.67. The highest BCUT2D eigenvalue weighted by atomic mass is 16.5. The summed E-state index contributed by atoms with van der Waals surface area (Å²) in [6.07, 6.45) is 9.81. The second-order valence-corrected chi connectivity index (χ2v) is 4.29. The molecule has 0 fully saturated rings. The van der Waals surface area contributed by atoms with Gasteiger partial charge in [-0.15, -0.1) is 0 Å². The molecule has 17 heavy (non-hydrogen) atoms. The van der Waals surface area contributed by atoms with Crippen LogP contribution in [0.4, 0.5) is 0 Å². The summed E-state index contributed by atoms with van der Waals surface area (Å²) >= 11 is 0. The molecular weight excluding hydrogens is 212 g/mol. The van der Waals surface area contributed by atoms with E-state index in [4.69, 9.17) is 4.74 Å². The lowest BCUT2D eigenvalue weighted by Gasteiger charge is -2.17. The molecule has 92 valence electrons. The fourth-order valence-corrected chi connectivity index (χ4v) is 2.09. The fraction of sp³-hybridized carbons (Fsp3) is 0.571. The molecule has 1 aliphatic heterocycles. The van der Waals surface area contributed by atoms with E-state index in [1.807, 2.05) is 13.1 Å². The largest absolute Gasteiger partial charge is 0.371 e. The lowest BCUT2D eigenvalue weighted by Crippen LogP contribution is -2.24. The van der Waals surface area contributed by atoms with E-state index in [2.05, 4.69) is 29.1 Å². The average molecular weight is 232 g/mol. The maximum absolute atomic E-state index is 5.47. The average Bonchev–Trinajstić information content (AvgIpc) is 2.40. The van der Waals surface area contributed by atoms with E-state index in [1.54, 1.807) is 0 Å². The van der Waals surface area contributed by atoms with Gasteiger partial charge in [0.05, 0.1) is 6.54 Å². The Morgan fingerprint density at radius 2 is 2.29 bits per heavy atom. The molecule has 1 aliphatic carbocycles. The predicted molar refractivity (Wildman–Crippen MR) is 71.9 cm³/mol. The maximum atomic E-state index is 5.47.